The second-order valence-electron chi connectivity index (χ2n) is 4.68. The molecule has 0 atom stereocenters. The van der Waals surface area contributed by atoms with E-state index in [1.807, 2.05) is 4.90 Å². The molecule has 0 aromatic heterocycles. The maximum Gasteiger partial charge on any atom is 0.223 e. The molecule has 0 aromatic rings. The van der Waals surface area contributed by atoms with Gasteiger partial charge in [-0.25, -0.2) is 0 Å². The molecule has 0 aromatic carbocycles. The molecule has 1 saturated heterocycles. The number of allylic oxidation sites excluding steroid dienone is 1. The first-order chi connectivity index (χ1) is 7.70. The van der Waals surface area contributed by atoms with Crippen molar-refractivity contribution in [2.45, 2.75) is 39.5 Å². The highest BCUT2D eigenvalue weighted by molar-refractivity contribution is 5.76. The van der Waals surface area contributed by atoms with E-state index in [1.165, 1.54) is 24.8 Å². The van der Waals surface area contributed by atoms with Gasteiger partial charge in [-0.1, -0.05) is 11.6 Å². The van der Waals surface area contributed by atoms with Crippen molar-refractivity contribution in [2.75, 3.05) is 26.2 Å². The van der Waals surface area contributed by atoms with Crippen LogP contribution in [0.2, 0.25) is 0 Å². The van der Waals surface area contributed by atoms with Crippen molar-refractivity contribution in [3.63, 3.8) is 0 Å². The van der Waals surface area contributed by atoms with Gasteiger partial charge >= 0.3 is 0 Å². The van der Waals surface area contributed by atoms with E-state index >= 15 is 0 Å². The Hall–Kier alpha value is -0.830. The van der Waals surface area contributed by atoms with Crippen molar-refractivity contribution in [1.82, 2.24) is 10.2 Å². The van der Waals surface area contributed by atoms with Crippen LogP contribution in [0.25, 0.3) is 0 Å². The molecule has 1 heterocycles. The van der Waals surface area contributed by atoms with Crippen molar-refractivity contribution in [2.24, 2.45) is 0 Å². The minimum absolute atomic E-state index is 0.310. The van der Waals surface area contributed by atoms with Crippen molar-refractivity contribution >= 4 is 5.91 Å². The number of nitrogens with zero attached hydrogens (tertiary/aromatic N) is 1. The molecule has 3 nitrogen and oxygen atoms in total. The summed E-state index contributed by atoms with van der Waals surface area (Å²) >= 11 is 0. The minimum Gasteiger partial charge on any atom is -0.343 e. The molecular weight excluding hydrogens is 200 g/mol. The fourth-order valence-electron chi connectivity index (χ4n) is 1.88. The number of carbonyl (C=O) groups excluding carboxylic acids is 1. The maximum atomic E-state index is 11.8. The first-order valence-electron chi connectivity index (χ1n) is 6.32. The number of piperidine rings is 1. The predicted octanol–water partition coefficient (Wildman–Crippen LogP) is 1.94. The van der Waals surface area contributed by atoms with Crippen molar-refractivity contribution in [1.29, 1.82) is 0 Å². The lowest BCUT2D eigenvalue weighted by atomic mass is 10.1. The summed E-state index contributed by atoms with van der Waals surface area (Å²) in [6.07, 6.45) is 6.42. The summed E-state index contributed by atoms with van der Waals surface area (Å²) in [4.78, 5) is 13.8. The molecule has 1 amide bonds. The van der Waals surface area contributed by atoms with Crippen LogP contribution in [-0.2, 0) is 4.79 Å². The number of rotatable bonds is 5. The summed E-state index contributed by atoms with van der Waals surface area (Å²) in [5.41, 5.74) is 1.31. The Bertz CT molecular complexity index is 238. The number of carbonyl (C=O) groups is 1. The maximum absolute atomic E-state index is 11.8. The van der Waals surface area contributed by atoms with E-state index in [0.29, 0.717) is 12.3 Å². The molecule has 0 bridgehead atoms. The smallest absolute Gasteiger partial charge is 0.223 e. The number of nitrogens with one attached hydrogen (secondary N) is 1. The topological polar surface area (TPSA) is 32.3 Å². The zero-order valence-corrected chi connectivity index (χ0v) is 10.6. The summed E-state index contributed by atoms with van der Waals surface area (Å²) in [5.74, 6) is 0.310. The van der Waals surface area contributed by atoms with E-state index in [4.69, 9.17) is 0 Å². The van der Waals surface area contributed by atoms with Gasteiger partial charge in [0.25, 0.3) is 0 Å². The SMILES string of the molecule is CC(C)=CCNCCC(=O)N1CCCCC1. The van der Waals surface area contributed by atoms with Crippen molar-refractivity contribution in [3.05, 3.63) is 11.6 Å². The lowest BCUT2D eigenvalue weighted by molar-refractivity contribution is -0.131. The normalized spacial score (nSPS) is 16.0. The van der Waals surface area contributed by atoms with E-state index in [9.17, 15) is 4.79 Å². The van der Waals surface area contributed by atoms with Gasteiger partial charge < -0.3 is 10.2 Å². The molecule has 0 spiro atoms. The van der Waals surface area contributed by atoms with Gasteiger partial charge in [0.15, 0.2) is 0 Å². The van der Waals surface area contributed by atoms with Crippen LogP contribution in [0, 0.1) is 0 Å². The molecule has 3 heteroatoms. The standard InChI is InChI=1S/C13H24N2O/c1-12(2)6-8-14-9-7-13(16)15-10-4-3-5-11-15/h6,14H,3-5,7-11H2,1-2H3. The third-order valence-corrected chi connectivity index (χ3v) is 2.88. The summed E-state index contributed by atoms with van der Waals surface area (Å²) in [6.45, 7) is 7.76. The fraction of sp³-hybridized carbons (Fsp3) is 0.769. The lowest BCUT2D eigenvalue weighted by Gasteiger charge is -2.26. The molecule has 1 rings (SSSR count). The van der Waals surface area contributed by atoms with Crippen LogP contribution in [-0.4, -0.2) is 37.0 Å². The Morgan fingerprint density at radius 1 is 1.25 bits per heavy atom. The molecule has 92 valence electrons. The predicted molar refractivity (Wildman–Crippen MR) is 67.3 cm³/mol. The molecular formula is C13H24N2O. The average Bonchev–Trinajstić information content (AvgIpc) is 2.29. The van der Waals surface area contributed by atoms with Crippen LogP contribution in [0.1, 0.15) is 39.5 Å². The number of hydrogen-bond acceptors (Lipinski definition) is 2. The molecule has 1 N–H and O–H groups in total. The average molecular weight is 224 g/mol. The third kappa shape index (κ3) is 5.31. The number of amides is 1. The van der Waals surface area contributed by atoms with Crippen molar-refractivity contribution in [3.8, 4) is 0 Å². The Balaban J connectivity index is 2.07. The van der Waals surface area contributed by atoms with Crippen LogP contribution in [0.15, 0.2) is 11.6 Å². The molecule has 16 heavy (non-hydrogen) atoms. The molecule has 0 unspecified atom stereocenters. The molecule has 0 aliphatic carbocycles. The summed E-state index contributed by atoms with van der Waals surface area (Å²) in [6, 6.07) is 0. The molecule has 1 fully saturated rings. The van der Waals surface area contributed by atoms with Crippen LogP contribution >= 0.6 is 0 Å². The van der Waals surface area contributed by atoms with E-state index in [0.717, 1.165) is 26.2 Å². The Morgan fingerprint density at radius 2 is 1.94 bits per heavy atom. The Kier molecular flexibility index (Phi) is 6.16. The highest BCUT2D eigenvalue weighted by atomic mass is 16.2. The second-order valence-corrected chi connectivity index (χ2v) is 4.68. The number of hydrogen-bond donors (Lipinski definition) is 1. The minimum atomic E-state index is 0.310. The van der Waals surface area contributed by atoms with Gasteiger partial charge in [-0.05, 0) is 33.1 Å². The highest BCUT2D eigenvalue weighted by Crippen LogP contribution is 2.09. The van der Waals surface area contributed by atoms with E-state index in [2.05, 4.69) is 25.2 Å². The van der Waals surface area contributed by atoms with Crippen LogP contribution in [0.3, 0.4) is 0 Å². The zero-order valence-electron chi connectivity index (χ0n) is 10.6. The molecule has 0 saturated carbocycles. The van der Waals surface area contributed by atoms with Gasteiger partial charge in [-0.15, -0.1) is 0 Å². The third-order valence-electron chi connectivity index (χ3n) is 2.88. The van der Waals surface area contributed by atoms with Gasteiger partial charge in [0.05, 0.1) is 0 Å². The summed E-state index contributed by atoms with van der Waals surface area (Å²) in [5, 5.41) is 3.26. The van der Waals surface area contributed by atoms with Gasteiger partial charge in [0, 0.05) is 32.6 Å². The van der Waals surface area contributed by atoms with Gasteiger partial charge in [-0.3, -0.25) is 4.79 Å². The first kappa shape index (κ1) is 13.2. The quantitative estimate of drug-likeness (QED) is 0.572. The van der Waals surface area contributed by atoms with E-state index in [-0.39, 0.29) is 0 Å². The largest absolute Gasteiger partial charge is 0.343 e. The lowest BCUT2D eigenvalue weighted by Crippen LogP contribution is -2.37. The van der Waals surface area contributed by atoms with Gasteiger partial charge in [0.1, 0.15) is 0 Å². The molecule has 1 aliphatic rings. The highest BCUT2D eigenvalue weighted by Gasteiger charge is 2.15. The Labute approximate surface area is 98.9 Å². The van der Waals surface area contributed by atoms with Crippen molar-refractivity contribution < 1.29 is 4.79 Å². The Morgan fingerprint density at radius 3 is 2.56 bits per heavy atom. The van der Waals surface area contributed by atoms with Crippen LogP contribution in [0.4, 0.5) is 0 Å². The van der Waals surface area contributed by atoms with E-state index in [1.54, 1.807) is 0 Å². The first-order valence-corrected chi connectivity index (χ1v) is 6.32. The van der Waals surface area contributed by atoms with Crippen LogP contribution in [0.5, 0.6) is 0 Å². The van der Waals surface area contributed by atoms with Gasteiger partial charge in [0.2, 0.25) is 5.91 Å². The van der Waals surface area contributed by atoms with E-state index < -0.39 is 0 Å². The molecule has 0 radical (unpaired) electrons. The zero-order chi connectivity index (χ0) is 11.8. The summed E-state index contributed by atoms with van der Waals surface area (Å²) in [7, 11) is 0. The second kappa shape index (κ2) is 7.44. The monoisotopic (exact) mass is 224 g/mol. The van der Waals surface area contributed by atoms with Gasteiger partial charge in [-0.2, -0.15) is 0 Å². The number of likely N-dealkylation sites (tertiary alicyclic amines) is 1. The molecule has 1 aliphatic heterocycles. The summed E-state index contributed by atoms with van der Waals surface area (Å²) < 4.78 is 0. The van der Waals surface area contributed by atoms with Crippen LogP contribution < -0.4 is 5.32 Å². The fourth-order valence-corrected chi connectivity index (χ4v) is 1.88.